The fraction of sp³-hybridized carbons (Fsp3) is 0.519. The predicted octanol–water partition coefficient (Wildman–Crippen LogP) is 7.52. The molecule has 3 rings (SSSR count). The first-order chi connectivity index (χ1) is 13.6. The Bertz CT molecular complexity index is 866. The summed E-state index contributed by atoms with van der Waals surface area (Å²) in [5.41, 5.74) is 6.68. The molecule has 0 aromatic heterocycles. The van der Waals surface area contributed by atoms with Gasteiger partial charge in [-0.25, -0.2) is 4.79 Å². The van der Waals surface area contributed by atoms with E-state index in [0.29, 0.717) is 11.3 Å². The lowest BCUT2D eigenvalue weighted by molar-refractivity contribution is -0.132. The maximum absolute atomic E-state index is 12.3. The Morgan fingerprint density at radius 1 is 0.862 bits per heavy atom. The van der Waals surface area contributed by atoms with Crippen molar-refractivity contribution >= 4 is 5.97 Å². The van der Waals surface area contributed by atoms with Crippen molar-refractivity contribution in [3.05, 3.63) is 70.1 Å². The van der Waals surface area contributed by atoms with Crippen molar-refractivity contribution < 1.29 is 9.53 Å². The van der Waals surface area contributed by atoms with E-state index < -0.39 is 0 Å². The molecule has 0 atom stereocenters. The van der Waals surface area contributed by atoms with Gasteiger partial charge in [0.15, 0.2) is 0 Å². The summed E-state index contributed by atoms with van der Waals surface area (Å²) in [6.07, 6.45) is 19.3. The van der Waals surface area contributed by atoms with Crippen molar-refractivity contribution in [2.45, 2.75) is 80.1 Å². The number of cyclic esters (lactones) is 1. The van der Waals surface area contributed by atoms with Crippen molar-refractivity contribution in [2.75, 3.05) is 0 Å². The third-order valence-electron chi connectivity index (χ3n) is 6.78. The molecule has 2 heteroatoms. The van der Waals surface area contributed by atoms with Gasteiger partial charge in [0.1, 0.15) is 5.76 Å². The van der Waals surface area contributed by atoms with E-state index in [1.807, 2.05) is 24.3 Å². The number of ether oxygens (including phenoxy) is 1. The molecule has 1 aliphatic heterocycles. The summed E-state index contributed by atoms with van der Waals surface area (Å²) in [5, 5.41) is 0. The van der Waals surface area contributed by atoms with E-state index in [9.17, 15) is 4.79 Å². The summed E-state index contributed by atoms with van der Waals surface area (Å²) in [6, 6.07) is 0. The first-order valence-corrected chi connectivity index (χ1v) is 11.0. The molecule has 0 aromatic rings. The lowest BCUT2D eigenvalue weighted by Crippen LogP contribution is -2.19. The van der Waals surface area contributed by atoms with Crippen LogP contribution in [-0.4, -0.2) is 5.97 Å². The van der Waals surface area contributed by atoms with E-state index in [4.69, 9.17) is 4.74 Å². The van der Waals surface area contributed by atoms with Gasteiger partial charge < -0.3 is 4.74 Å². The van der Waals surface area contributed by atoms with Crippen LogP contribution in [0.1, 0.15) is 80.1 Å². The fourth-order valence-corrected chi connectivity index (χ4v) is 5.04. The molecule has 2 nitrogen and oxygen atoms in total. The number of esters is 1. The summed E-state index contributed by atoms with van der Waals surface area (Å²) < 4.78 is 5.46. The Morgan fingerprint density at radius 3 is 1.97 bits per heavy atom. The van der Waals surface area contributed by atoms with Gasteiger partial charge in [0, 0.05) is 0 Å². The lowest BCUT2D eigenvalue weighted by atomic mass is 9.72. The van der Waals surface area contributed by atoms with E-state index in [0.717, 1.165) is 6.42 Å². The molecular formula is C27H36O2. The number of rotatable bonds is 4. The molecule has 0 unspecified atom stereocenters. The summed E-state index contributed by atoms with van der Waals surface area (Å²) in [5.74, 6) is 0.354. The van der Waals surface area contributed by atoms with E-state index in [-0.39, 0.29) is 16.8 Å². The van der Waals surface area contributed by atoms with Crippen LogP contribution < -0.4 is 0 Å². The Balaban J connectivity index is 1.76. The Morgan fingerprint density at radius 2 is 1.41 bits per heavy atom. The minimum absolute atomic E-state index is 0.168. The molecule has 2 aliphatic carbocycles. The number of allylic oxidation sites excluding steroid dienone is 9. The topological polar surface area (TPSA) is 26.3 Å². The summed E-state index contributed by atoms with van der Waals surface area (Å²) in [6.45, 7) is 13.6. The molecule has 0 saturated heterocycles. The van der Waals surface area contributed by atoms with Crippen molar-refractivity contribution in [2.24, 2.45) is 10.8 Å². The normalized spacial score (nSPS) is 26.1. The van der Waals surface area contributed by atoms with E-state index in [1.165, 1.54) is 54.4 Å². The molecule has 0 aromatic carbocycles. The van der Waals surface area contributed by atoms with Crippen molar-refractivity contribution in [1.82, 2.24) is 0 Å². The van der Waals surface area contributed by atoms with Crippen molar-refractivity contribution in [3.8, 4) is 0 Å². The van der Waals surface area contributed by atoms with E-state index >= 15 is 0 Å². The number of carbonyl (C=O) groups excluding carboxylic acids is 1. The SMILES string of the molecule is CC1=C(/C=C/C=C2C=C(/C=C/C3=C(C)CCCC3(C)C)C(=O)O/2)C(C)(C)CCC1. The average molecular weight is 393 g/mol. The van der Waals surface area contributed by atoms with Gasteiger partial charge in [-0.15, -0.1) is 0 Å². The highest BCUT2D eigenvalue weighted by Crippen LogP contribution is 2.42. The summed E-state index contributed by atoms with van der Waals surface area (Å²) >= 11 is 0. The highest BCUT2D eigenvalue weighted by molar-refractivity contribution is 5.95. The van der Waals surface area contributed by atoms with Crippen LogP contribution in [0, 0.1) is 10.8 Å². The fourth-order valence-electron chi connectivity index (χ4n) is 5.04. The molecule has 156 valence electrons. The maximum atomic E-state index is 12.3. The zero-order valence-electron chi connectivity index (χ0n) is 19.0. The Labute approximate surface area is 176 Å². The molecule has 0 fully saturated rings. The predicted molar refractivity (Wildman–Crippen MR) is 121 cm³/mol. The van der Waals surface area contributed by atoms with Crippen LogP contribution in [0.5, 0.6) is 0 Å². The molecule has 1 heterocycles. The largest absolute Gasteiger partial charge is 0.423 e. The average Bonchev–Trinajstić information content (AvgIpc) is 2.96. The van der Waals surface area contributed by atoms with Gasteiger partial charge in [-0.05, 0) is 92.6 Å². The third-order valence-corrected chi connectivity index (χ3v) is 6.78. The van der Waals surface area contributed by atoms with Gasteiger partial charge in [-0.2, -0.15) is 0 Å². The van der Waals surface area contributed by atoms with Gasteiger partial charge in [-0.3, -0.25) is 0 Å². The molecule has 0 spiro atoms. The molecule has 0 amide bonds. The van der Waals surface area contributed by atoms with Crippen LogP contribution in [-0.2, 0) is 9.53 Å². The molecule has 0 bridgehead atoms. The molecule has 0 N–H and O–H groups in total. The smallest absolute Gasteiger partial charge is 0.343 e. The van der Waals surface area contributed by atoms with Gasteiger partial charge >= 0.3 is 5.97 Å². The number of carbonyl (C=O) groups is 1. The zero-order chi connectivity index (χ0) is 21.2. The second kappa shape index (κ2) is 8.34. The molecule has 29 heavy (non-hydrogen) atoms. The van der Waals surface area contributed by atoms with Crippen LogP contribution in [0.15, 0.2) is 70.1 Å². The second-order valence-electron chi connectivity index (χ2n) is 10.1. The zero-order valence-corrected chi connectivity index (χ0v) is 19.0. The Kier molecular flexibility index (Phi) is 6.22. The van der Waals surface area contributed by atoms with Gasteiger partial charge in [0.25, 0.3) is 0 Å². The Hall–Kier alpha value is -2.09. The molecule has 0 radical (unpaired) electrons. The van der Waals surface area contributed by atoms with Crippen molar-refractivity contribution in [3.63, 3.8) is 0 Å². The maximum Gasteiger partial charge on any atom is 0.343 e. The molecule has 0 saturated carbocycles. The summed E-state index contributed by atoms with van der Waals surface area (Å²) in [7, 11) is 0. The first kappa shape index (κ1) is 21.6. The van der Waals surface area contributed by atoms with Crippen LogP contribution in [0.2, 0.25) is 0 Å². The first-order valence-electron chi connectivity index (χ1n) is 11.0. The lowest BCUT2D eigenvalue weighted by Gasteiger charge is -2.32. The number of hydrogen-bond donors (Lipinski definition) is 0. The van der Waals surface area contributed by atoms with Crippen LogP contribution in [0.25, 0.3) is 0 Å². The standard InChI is InChI=1S/C27H36O2/c1-19-10-8-16-26(3,4)23(19)13-7-12-22-18-21(25(28)29-22)14-15-24-20(2)11-9-17-27(24,5)6/h7,12-15,18H,8-11,16-17H2,1-6H3/b13-7+,15-14+,22-12-. The van der Waals surface area contributed by atoms with E-state index in [2.05, 4.69) is 53.7 Å². The van der Waals surface area contributed by atoms with Gasteiger partial charge in [0.2, 0.25) is 0 Å². The highest BCUT2D eigenvalue weighted by Gasteiger charge is 2.28. The minimum atomic E-state index is -0.263. The quantitative estimate of drug-likeness (QED) is 0.462. The van der Waals surface area contributed by atoms with Gasteiger partial charge in [-0.1, -0.05) is 57.1 Å². The van der Waals surface area contributed by atoms with Gasteiger partial charge in [0.05, 0.1) is 5.57 Å². The third kappa shape index (κ3) is 4.91. The highest BCUT2D eigenvalue weighted by atomic mass is 16.5. The molecular weight excluding hydrogens is 356 g/mol. The van der Waals surface area contributed by atoms with Crippen LogP contribution in [0.4, 0.5) is 0 Å². The van der Waals surface area contributed by atoms with E-state index in [1.54, 1.807) is 0 Å². The van der Waals surface area contributed by atoms with Crippen molar-refractivity contribution in [1.29, 1.82) is 0 Å². The second-order valence-corrected chi connectivity index (χ2v) is 10.1. The van der Waals surface area contributed by atoms with Crippen LogP contribution in [0.3, 0.4) is 0 Å². The summed E-state index contributed by atoms with van der Waals surface area (Å²) in [4.78, 5) is 12.3. The minimum Gasteiger partial charge on any atom is -0.423 e. The monoisotopic (exact) mass is 392 g/mol. The number of hydrogen-bond acceptors (Lipinski definition) is 2. The molecule has 3 aliphatic rings. The van der Waals surface area contributed by atoms with Crippen LogP contribution >= 0.6 is 0 Å².